The molecule has 0 saturated carbocycles. The second-order valence-electron chi connectivity index (χ2n) is 3.46. The number of unbranched alkanes of at least 4 members (excludes halogenated alkanes) is 6. The van der Waals surface area contributed by atoms with Crippen molar-refractivity contribution in [1.29, 1.82) is 0 Å². The van der Waals surface area contributed by atoms with Gasteiger partial charge in [-0.15, -0.1) is 0 Å². The van der Waals surface area contributed by atoms with Crippen molar-refractivity contribution in [2.24, 2.45) is 0 Å². The molecule has 0 atom stereocenters. The zero-order valence-corrected chi connectivity index (χ0v) is 12.3. The molecule has 0 aliphatic heterocycles. The molecule has 0 fully saturated rings. The molecule has 4 nitrogen and oxygen atoms in total. The average molecular weight is 246 g/mol. The molecule has 0 aromatic rings. The van der Waals surface area contributed by atoms with Crippen molar-refractivity contribution < 1.29 is 47.6 Å². The van der Waals surface area contributed by atoms with Crippen LogP contribution in [0.3, 0.4) is 0 Å². The van der Waals surface area contributed by atoms with Gasteiger partial charge in [0, 0.05) is 12.4 Å². The van der Waals surface area contributed by atoms with Gasteiger partial charge in [0.1, 0.15) is 0 Å². The molecule has 1 N–H and O–H groups in total. The maximum absolute atomic E-state index is 10.2. The van der Waals surface area contributed by atoms with Crippen molar-refractivity contribution in [1.82, 2.24) is 0 Å². The van der Waals surface area contributed by atoms with Crippen LogP contribution in [0.1, 0.15) is 44.9 Å². The molecule has 0 aromatic carbocycles. The first kappa shape index (κ1) is 18.2. The molecule has 86 valence electrons. The van der Waals surface area contributed by atoms with E-state index in [9.17, 15) is 13.0 Å². The minimum absolute atomic E-state index is 0. The first-order valence-corrected chi connectivity index (χ1v) is 6.68. The molecule has 0 unspecified atom stereocenters. The third-order valence-electron chi connectivity index (χ3n) is 2.05. The van der Waals surface area contributed by atoms with Gasteiger partial charge in [-0.25, -0.2) is 8.42 Å². The summed E-state index contributed by atoms with van der Waals surface area (Å²) in [5.74, 6) is -0.232. The van der Waals surface area contributed by atoms with Crippen LogP contribution in [0, 0.1) is 0 Å². The fraction of sp³-hybridized carbons (Fsp3) is 1.00. The zero-order valence-electron chi connectivity index (χ0n) is 9.44. The monoisotopic (exact) mass is 246 g/mol. The normalized spacial score (nSPS) is 11.1. The molecule has 15 heavy (non-hydrogen) atoms. The Labute approximate surface area is 114 Å². The Morgan fingerprint density at radius 1 is 0.867 bits per heavy atom. The van der Waals surface area contributed by atoms with Gasteiger partial charge in [0.2, 0.25) is 0 Å². The van der Waals surface area contributed by atoms with Crippen LogP contribution in [0.15, 0.2) is 0 Å². The predicted octanol–water partition coefficient (Wildman–Crippen LogP) is -1.74. The molecule has 0 rings (SSSR count). The van der Waals surface area contributed by atoms with E-state index < -0.39 is 10.1 Å². The van der Waals surface area contributed by atoms with Crippen molar-refractivity contribution in [3.8, 4) is 0 Å². The molecule has 6 heteroatoms. The third kappa shape index (κ3) is 17.5. The minimum atomic E-state index is -4.01. The van der Waals surface area contributed by atoms with Gasteiger partial charge >= 0.3 is 29.6 Å². The first-order chi connectivity index (χ1) is 6.56. The number of hydrogen-bond donors (Lipinski definition) is 1. The summed E-state index contributed by atoms with van der Waals surface area (Å²) in [6.45, 7) is 0.244. The Bertz CT molecular complexity index is 216. The van der Waals surface area contributed by atoms with E-state index in [1.807, 2.05) is 0 Å². The topological polar surface area (TPSA) is 77.4 Å². The van der Waals surface area contributed by atoms with E-state index in [1.165, 1.54) is 0 Å². The molecular formula is C9H19NaO4S. The van der Waals surface area contributed by atoms with E-state index in [0.29, 0.717) is 6.42 Å². The van der Waals surface area contributed by atoms with Crippen LogP contribution < -0.4 is 29.6 Å². The molecular weight excluding hydrogens is 227 g/mol. The van der Waals surface area contributed by atoms with Gasteiger partial charge in [0.05, 0.1) is 10.1 Å². The Hall–Kier alpha value is 0.870. The van der Waals surface area contributed by atoms with Crippen molar-refractivity contribution in [2.45, 2.75) is 44.9 Å². The van der Waals surface area contributed by atoms with E-state index >= 15 is 0 Å². The average Bonchev–Trinajstić information content (AvgIpc) is 2.08. The summed E-state index contributed by atoms with van der Waals surface area (Å²) in [6, 6.07) is 0. The summed E-state index contributed by atoms with van der Waals surface area (Å²) in [7, 11) is -4.01. The number of aliphatic hydroxyl groups excluding tert-OH is 1. The van der Waals surface area contributed by atoms with E-state index in [2.05, 4.69) is 0 Å². The molecule has 0 radical (unpaired) electrons. The van der Waals surface area contributed by atoms with Gasteiger partial charge in [-0.2, -0.15) is 0 Å². The summed E-state index contributed by atoms with van der Waals surface area (Å²) in [6.07, 6.45) is 6.25. The van der Waals surface area contributed by atoms with Gasteiger partial charge < -0.3 is 9.66 Å². The van der Waals surface area contributed by atoms with Crippen LogP contribution >= 0.6 is 0 Å². The van der Waals surface area contributed by atoms with Crippen molar-refractivity contribution in [2.75, 3.05) is 12.4 Å². The van der Waals surface area contributed by atoms with E-state index in [0.717, 1.165) is 38.5 Å². The molecule has 0 heterocycles. The first-order valence-electron chi connectivity index (χ1n) is 5.10. The van der Waals surface area contributed by atoms with Gasteiger partial charge in [-0.3, -0.25) is 0 Å². The maximum atomic E-state index is 10.2. The maximum Gasteiger partial charge on any atom is 1.00 e. The van der Waals surface area contributed by atoms with E-state index in [1.54, 1.807) is 0 Å². The standard InChI is InChI=1S/C9H20O4S.Na/c10-8-6-4-2-1-3-5-7-9-14(11,12)13;/h10H,1-9H2,(H,11,12,13);/q;+1/p-1. The second kappa shape index (κ2) is 11.4. The number of rotatable bonds is 9. The molecule has 0 spiro atoms. The van der Waals surface area contributed by atoms with Crippen LogP contribution in [0.2, 0.25) is 0 Å². The predicted molar refractivity (Wildman–Crippen MR) is 54.0 cm³/mol. The zero-order chi connectivity index (χ0) is 10.9. The van der Waals surface area contributed by atoms with Gasteiger partial charge in [-0.1, -0.05) is 32.1 Å². The molecule has 0 aliphatic rings. The summed E-state index contributed by atoms with van der Waals surface area (Å²) >= 11 is 0. The Kier molecular flexibility index (Phi) is 13.8. The largest absolute Gasteiger partial charge is 1.00 e. The van der Waals surface area contributed by atoms with Gasteiger partial charge in [0.25, 0.3) is 0 Å². The SMILES string of the molecule is O=S(=O)([O-])CCCCCCCCCO.[Na+]. The Morgan fingerprint density at radius 3 is 1.67 bits per heavy atom. The van der Waals surface area contributed by atoms with E-state index in [-0.39, 0.29) is 41.9 Å². The summed E-state index contributed by atoms with van der Waals surface area (Å²) in [5.41, 5.74) is 0. The number of aliphatic hydroxyl groups is 1. The van der Waals surface area contributed by atoms with Crippen LogP contribution in [0.4, 0.5) is 0 Å². The van der Waals surface area contributed by atoms with Crippen LogP contribution in [-0.2, 0) is 10.1 Å². The van der Waals surface area contributed by atoms with Gasteiger partial charge in [-0.05, 0) is 12.8 Å². The van der Waals surface area contributed by atoms with Crippen LogP contribution in [0.5, 0.6) is 0 Å². The van der Waals surface area contributed by atoms with Crippen molar-refractivity contribution in [3.63, 3.8) is 0 Å². The second-order valence-corrected chi connectivity index (χ2v) is 4.98. The molecule has 0 bridgehead atoms. The summed E-state index contributed by atoms with van der Waals surface area (Å²) < 4.78 is 30.7. The fourth-order valence-electron chi connectivity index (χ4n) is 1.27. The summed E-state index contributed by atoms with van der Waals surface area (Å²) in [4.78, 5) is 0. The Balaban J connectivity index is 0. The van der Waals surface area contributed by atoms with Crippen molar-refractivity contribution in [3.05, 3.63) is 0 Å². The number of hydrogen-bond acceptors (Lipinski definition) is 4. The molecule has 0 saturated heterocycles. The molecule has 0 amide bonds. The third-order valence-corrected chi connectivity index (χ3v) is 2.84. The van der Waals surface area contributed by atoms with E-state index in [4.69, 9.17) is 5.11 Å². The quantitative estimate of drug-likeness (QED) is 0.297. The van der Waals surface area contributed by atoms with Gasteiger partial charge in [0.15, 0.2) is 0 Å². The smallest absolute Gasteiger partial charge is 0.748 e. The molecule has 0 aliphatic carbocycles. The van der Waals surface area contributed by atoms with Crippen molar-refractivity contribution >= 4 is 10.1 Å². The minimum Gasteiger partial charge on any atom is -0.748 e. The van der Waals surface area contributed by atoms with Crippen LogP contribution in [-0.4, -0.2) is 30.4 Å². The fourth-order valence-corrected chi connectivity index (χ4v) is 1.83. The Morgan fingerprint density at radius 2 is 1.27 bits per heavy atom. The van der Waals surface area contributed by atoms with Crippen LogP contribution in [0.25, 0.3) is 0 Å². The molecule has 0 aromatic heterocycles. The summed E-state index contributed by atoms with van der Waals surface area (Å²) in [5, 5.41) is 8.50.